The quantitative estimate of drug-likeness (QED) is 0.274. The molecule has 0 aliphatic heterocycles. The van der Waals surface area contributed by atoms with E-state index in [2.05, 4.69) is 0 Å². The standard InChI is InChI=1S/C25H34F2O5/c1-18(2)32-24(30)13-9-4-3-8-12-20-21(23(29)16-22(20)28)14-15-25(26,27)17-31-19-10-6-5-7-11-19/h3,5-8,10-11,14-15,18,20-23,28-29H,4,9,12-13,16-17H2,1-2H3/b8-3?,15-14+/t20-,21-,22+,23-/m0/s1. The molecule has 0 heterocycles. The molecule has 1 aromatic rings. The van der Waals surface area contributed by atoms with Crippen LogP contribution in [0, 0.1) is 11.8 Å². The highest BCUT2D eigenvalue weighted by Crippen LogP contribution is 2.37. The zero-order valence-electron chi connectivity index (χ0n) is 18.7. The fourth-order valence-corrected chi connectivity index (χ4v) is 3.76. The molecule has 4 atom stereocenters. The van der Waals surface area contributed by atoms with Gasteiger partial charge in [0.1, 0.15) is 5.75 Å². The molecule has 0 amide bonds. The Bertz CT molecular complexity index is 748. The number of allylic oxidation sites excluding steroid dienone is 2. The van der Waals surface area contributed by atoms with Crippen molar-refractivity contribution in [3.05, 3.63) is 54.6 Å². The second-order valence-corrected chi connectivity index (χ2v) is 8.47. The second kappa shape index (κ2) is 12.7. The molecule has 0 saturated heterocycles. The first-order valence-electron chi connectivity index (χ1n) is 11.1. The number of unbranched alkanes of at least 4 members (excludes halogenated alkanes) is 1. The summed E-state index contributed by atoms with van der Waals surface area (Å²) in [6.07, 6.45) is 6.33. The van der Waals surface area contributed by atoms with E-state index in [0.29, 0.717) is 31.4 Å². The predicted octanol–water partition coefficient (Wildman–Crippen LogP) is 4.68. The van der Waals surface area contributed by atoms with Gasteiger partial charge in [-0.05, 0) is 57.2 Å². The van der Waals surface area contributed by atoms with Gasteiger partial charge in [-0.3, -0.25) is 4.79 Å². The van der Waals surface area contributed by atoms with E-state index in [9.17, 15) is 23.8 Å². The first kappa shape index (κ1) is 26.0. The van der Waals surface area contributed by atoms with Crippen LogP contribution in [0.1, 0.15) is 46.0 Å². The van der Waals surface area contributed by atoms with Crippen LogP contribution in [0.5, 0.6) is 5.75 Å². The molecule has 0 radical (unpaired) electrons. The van der Waals surface area contributed by atoms with Crippen LogP contribution in [-0.2, 0) is 9.53 Å². The number of halogens is 2. The Morgan fingerprint density at radius 1 is 1.19 bits per heavy atom. The van der Waals surface area contributed by atoms with E-state index in [1.54, 1.807) is 44.2 Å². The van der Waals surface area contributed by atoms with Crippen LogP contribution in [0.15, 0.2) is 54.6 Å². The maximum Gasteiger partial charge on any atom is 0.306 e. The van der Waals surface area contributed by atoms with E-state index in [0.717, 1.165) is 6.08 Å². The number of hydrogen-bond donors (Lipinski definition) is 2. The normalized spacial score (nSPS) is 24.0. The van der Waals surface area contributed by atoms with E-state index >= 15 is 0 Å². The molecule has 1 aromatic carbocycles. The molecule has 1 aliphatic carbocycles. The van der Waals surface area contributed by atoms with E-state index in [4.69, 9.17) is 9.47 Å². The Morgan fingerprint density at radius 3 is 2.59 bits per heavy atom. The van der Waals surface area contributed by atoms with Crippen LogP contribution in [-0.4, -0.2) is 47.0 Å². The Kier molecular flexibility index (Phi) is 10.3. The number of carbonyl (C=O) groups is 1. The summed E-state index contributed by atoms with van der Waals surface area (Å²) in [5.74, 6) is -4.00. The van der Waals surface area contributed by atoms with Gasteiger partial charge in [-0.15, -0.1) is 0 Å². The largest absolute Gasteiger partial charge is 0.487 e. The van der Waals surface area contributed by atoms with Gasteiger partial charge >= 0.3 is 5.97 Å². The molecular formula is C25H34F2O5. The van der Waals surface area contributed by atoms with Gasteiger partial charge in [0.2, 0.25) is 0 Å². The van der Waals surface area contributed by atoms with Crippen LogP contribution < -0.4 is 4.74 Å². The van der Waals surface area contributed by atoms with Crippen molar-refractivity contribution in [1.82, 2.24) is 0 Å². The Hall–Kier alpha value is -2.25. The highest BCUT2D eigenvalue weighted by molar-refractivity contribution is 5.69. The SMILES string of the molecule is CC(C)OC(=O)CCCC=CC[C@H]1[C@H](/C=C/C(F)(F)COc2ccccc2)[C@@H](O)C[C@H]1O. The number of para-hydroxylation sites is 1. The molecule has 1 aliphatic rings. The van der Waals surface area contributed by atoms with Crippen LogP contribution in [0.2, 0.25) is 0 Å². The molecular weight excluding hydrogens is 418 g/mol. The minimum Gasteiger partial charge on any atom is -0.487 e. The van der Waals surface area contributed by atoms with Crippen molar-refractivity contribution < 1.29 is 33.3 Å². The Morgan fingerprint density at radius 2 is 1.91 bits per heavy atom. The zero-order valence-corrected chi connectivity index (χ0v) is 18.7. The molecule has 32 heavy (non-hydrogen) atoms. The van der Waals surface area contributed by atoms with E-state index < -0.39 is 30.7 Å². The number of hydrogen-bond acceptors (Lipinski definition) is 5. The van der Waals surface area contributed by atoms with Crippen LogP contribution >= 0.6 is 0 Å². The average molecular weight is 453 g/mol. The lowest BCUT2D eigenvalue weighted by Crippen LogP contribution is -2.25. The summed E-state index contributed by atoms with van der Waals surface area (Å²) in [6, 6.07) is 8.39. The third-order valence-electron chi connectivity index (χ3n) is 5.35. The highest BCUT2D eigenvalue weighted by Gasteiger charge is 2.40. The van der Waals surface area contributed by atoms with Crippen molar-refractivity contribution >= 4 is 5.97 Å². The lowest BCUT2D eigenvalue weighted by Gasteiger charge is -2.20. The summed E-state index contributed by atoms with van der Waals surface area (Å²) in [6.45, 7) is 2.80. The van der Waals surface area contributed by atoms with Gasteiger partial charge < -0.3 is 19.7 Å². The molecule has 2 rings (SSSR count). The Labute approximate surface area is 188 Å². The smallest absolute Gasteiger partial charge is 0.306 e. The van der Waals surface area contributed by atoms with Crippen LogP contribution in [0.4, 0.5) is 8.78 Å². The monoisotopic (exact) mass is 452 g/mol. The number of rotatable bonds is 12. The first-order chi connectivity index (χ1) is 15.2. The summed E-state index contributed by atoms with van der Waals surface area (Å²) in [4.78, 5) is 11.5. The maximum atomic E-state index is 14.2. The van der Waals surface area contributed by atoms with Gasteiger partial charge in [0.25, 0.3) is 5.92 Å². The molecule has 0 unspecified atom stereocenters. The third-order valence-corrected chi connectivity index (χ3v) is 5.35. The number of alkyl halides is 2. The number of esters is 1. The van der Waals surface area contributed by atoms with Crippen molar-refractivity contribution in [2.75, 3.05) is 6.61 Å². The molecule has 0 bridgehead atoms. The molecule has 2 N–H and O–H groups in total. The van der Waals surface area contributed by atoms with E-state index in [1.165, 1.54) is 6.08 Å². The number of benzene rings is 1. The van der Waals surface area contributed by atoms with E-state index in [1.807, 2.05) is 12.2 Å². The Balaban J connectivity index is 1.83. The fraction of sp³-hybridized carbons (Fsp3) is 0.560. The second-order valence-electron chi connectivity index (χ2n) is 8.47. The molecule has 1 saturated carbocycles. The van der Waals surface area contributed by atoms with Crippen molar-refractivity contribution in [1.29, 1.82) is 0 Å². The van der Waals surface area contributed by atoms with Crippen molar-refractivity contribution in [3.8, 4) is 5.75 Å². The maximum absolute atomic E-state index is 14.2. The van der Waals surface area contributed by atoms with Gasteiger partial charge in [-0.1, -0.05) is 36.4 Å². The van der Waals surface area contributed by atoms with Crippen LogP contribution in [0.3, 0.4) is 0 Å². The van der Waals surface area contributed by atoms with Gasteiger partial charge in [-0.2, -0.15) is 8.78 Å². The van der Waals surface area contributed by atoms with Gasteiger partial charge in [0, 0.05) is 18.8 Å². The fourth-order valence-electron chi connectivity index (χ4n) is 3.76. The summed E-state index contributed by atoms with van der Waals surface area (Å²) >= 11 is 0. The lowest BCUT2D eigenvalue weighted by atomic mass is 9.89. The first-order valence-corrected chi connectivity index (χ1v) is 11.1. The summed E-state index contributed by atoms with van der Waals surface area (Å²) in [5.41, 5.74) is 0. The highest BCUT2D eigenvalue weighted by atomic mass is 19.3. The zero-order chi connectivity index (χ0) is 23.6. The number of ether oxygens (including phenoxy) is 2. The predicted molar refractivity (Wildman–Crippen MR) is 118 cm³/mol. The summed E-state index contributed by atoms with van der Waals surface area (Å²) < 4.78 is 38.7. The minimum absolute atomic E-state index is 0.129. The van der Waals surface area contributed by atoms with Crippen molar-refractivity contribution in [3.63, 3.8) is 0 Å². The minimum atomic E-state index is -3.20. The molecule has 7 heteroatoms. The number of aliphatic hydroxyl groups excluding tert-OH is 2. The van der Waals surface area contributed by atoms with Gasteiger partial charge in [0.05, 0.1) is 18.3 Å². The van der Waals surface area contributed by atoms with Crippen LogP contribution in [0.25, 0.3) is 0 Å². The molecule has 0 spiro atoms. The van der Waals surface area contributed by atoms with E-state index in [-0.39, 0.29) is 24.4 Å². The molecule has 0 aromatic heterocycles. The molecule has 178 valence electrons. The lowest BCUT2D eigenvalue weighted by molar-refractivity contribution is -0.147. The summed E-state index contributed by atoms with van der Waals surface area (Å²) in [7, 11) is 0. The molecule has 1 fully saturated rings. The van der Waals surface area contributed by atoms with Crippen molar-refractivity contribution in [2.45, 2.75) is 70.2 Å². The number of aliphatic hydroxyl groups is 2. The molecule has 5 nitrogen and oxygen atoms in total. The summed E-state index contributed by atoms with van der Waals surface area (Å²) in [5, 5.41) is 20.5. The average Bonchev–Trinajstić information content (AvgIpc) is 3.00. The number of carbonyl (C=O) groups excluding carboxylic acids is 1. The third kappa shape index (κ3) is 9.09. The van der Waals surface area contributed by atoms with Crippen molar-refractivity contribution in [2.24, 2.45) is 11.8 Å². The topological polar surface area (TPSA) is 76.0 Å². The van der Waals surface area contributed by atoms with Gasteiger partial charge in [-0.25, -0.2) is 0 Å². The van der Waals surface area contributed by atoms with Gasteiger partial charge in [0.15, 0.2) is 6.61 Å².